The molecule has 1 N–H and O–H groups in total. The number of benzene rings is 1. The first-order valence-electron chi connectivity index (χ1n) is 6.45. The molecule has 0 amide bonds. The second-order valence-corrected chi connectivity index (χ2v) is 5.52. The molecule has 0 aliphatic carbocycles. The topological polar surface area (TPSA) is 24.9 Å². The Kier molecular flexibility index (Phi) is 5.02. The zero-order chi connectivity index (χ0) is 12.8. The van der Waals surface area contributed by atoms with Gasteiger partial charge in [-0.15, -0.1) is 0 Å². The van der Waals surface area contributed by atoms with Gasteiger partial charge in [0.15, 0.2) is 0 Å². The minimum absolute atomic E-state index is 0.410. The molecular weight excluding hydrogens is 240 g/mol. The molecule has 1 aromatic heterocycles. The highest BCUT2D eigenvalue weighted by atomic mass is 32.2. The summed E-state index contributed by atoms with van der Waals surface area (Å²) in [5.41, 5.74) is 2.41. The van der Waals surface area contributed by atoms with Crippen LogP contribution in [-0.2, 0) is 0 Å². The van der Waals surface area contributed by atoms with Gasteiger partial charge in [0.05, 0.1) is 5.52 Å². The monoisotopic (exact) mass is 260 g/mol. The summed E-state index contributed by atoms with van der Waals surface area (Å²) in [6, 6.07) is 11.1. The Bertz CT molecular complexity index is 499. The van der Waals surface area contributed by atoms with Crippen molar-refractivity contribution in [2.75, 3.05) is 18.6 Å². The number of nitrogens with one attached hydrogen (secondary N) is 1. The number of pyridine rings is 1. The maximum atomic E-state index is 4.42. The summed E-state index contributed by atoms with van der Waals surface area (Å²) in [5.74, 6) is 2.34. The van der Waals surface area contributed by atoms with Crippen LogP contribution in [0.3, 0.4) is 0 Å². The standard InChI is InChI=1S/C15H20N2S/c1-3-9-18-11-15(16-2)13-7-6-12-5-4-8-17-14(12)10-13/h4-8,10,15-16H,3,9,11H2,1-2H3. The van der Waals surface area contributed by atoms with Crippen molar-refractivity contribution >= 4 is 22.7 Å². The molecule has 2 rings (SSSR count). The largest absolute Gasteiger partial charge is 0.312 e. The van der Waals surface area contributed by atoms with E-state index >= 15 is 0 Å². The van der Waals surface area contributed by atoms with Crippen molar-refractivity contribution in [1.29, 1.82) is 0 Å². The SMILES string of the molecule is CCCSCC(NC)c1ccc2cccnc2c1. The Hall–Kier alpha value is -1.06. The summed E-state index contributed by atoms with van der Waals surface area (Å²) >= 11 is 2.00. The number of aromatic nitrogens is 1. The van der Waals surface area contributed by atoms with Crippen LogP contribution >= 0.6 is 11.8 Å². The van der Waals surface area contributed by atoms with Crippen LogP contribution in [0.25, 0.3) is 10.9 Å². The van der Waals surface area contributed by atoms with Crippen LogP contribution in [0.2, 0.25) is 0 Å². The van der Waals surface area contributed by atoms with Gasteiger partial charge in [-0.1, -0.05) is 25.1 Å². The van der Waals surface area contributed by atoms with E-state index in [9.17, 15) is 0 Å². The number of hydrogen-bond donors (Lipinski definition) is 1. The molecule has 1 aromatic carbocycles. The lowest BCUT2D eigenvalue weighted by Crippen LogP contribution is -2.18. The summed E-state index contributed by atoms with van der Waals surface area (Å²) < 4.78 is 0. The Morgan fingerprint density at radius 3 is 3.00 bits per heavy atom. The molecule has 1 unspecified atom stereocenters. The molecule has 0 aliphatic heterocycles. The van der Waals surface area contributed by atoms with Gasteiger partial charge in [-0.3, -0.25) is 4.98 Å². The van der Waals surface area contributed by atoms with Crippen molar-refractivity contribution in [1.82, 2.24) is 10.3 Å². The van der Waals surface area contributed by atoms with Gasteiger partial charge < -0.3 is 5.32 Å². The zero-order valence-corrected chi connectivity index (χ0v) is 11.8. The third kappa shape index (κ3) is 3.24. The van der Waals surface area contributed by atoms with Crippen LogP contribution in [0, 0.1) is 0 Å². The minimum Gasteiger partial charge on any atom is -0.312 e. The summed E-state index contributed by atoms with van der Waals surface area (Å²) in [5, 5.41) is 4.60. The Morgan fingerprint density at radius 1 is 1.33 bits per heavy atom. The van der Waals surface area contributed by atoms with Gasteiger partial charge in [0, 0.05) is 23.4 Å². The summed E-state index contributed by atoms with van der Waals surface area (Å²) in [6.07, 6.45) is 3.09. The summed E-state index contributed by atoms with van der Waals surface area (Å²) in [4.78, 5) is 4.42. The molecule has 0 radical (unpaired) electrons. The molecule has 96 valence electrons. The number of thioether (sulfide) groups is 1. The third-order valence-corrected chi connectivity index (χ3v) is 4.28. The Balaban J connectivity index is 2.17. The van der Waals surface area contributed by atoms with Gasteiger partial charge in [-0.2, -0.15) is 11.8 Å². The molecule has 2 aromatic rings. The molecule has 0 saturated heterocycles. The highest BCUT2D eigenvalue weighted by Gasteiger charge is 2.09. The number of rotatable bonds is 6. The second-order valence-electron chi connectivity index (χ2n) is 4.37. The predicted molar refractivity (Wildman–Crippen MR) is 81.2 cm³/mol. The van der Waals surface area contributed by atoms with Crippen molar-refractivity contribution < 1.29 is 0 Å². The summed E-state index contributed by atoms with van der Waals surface area (Å²) in [7, 11) is 2.03. The average Bonchev–Trinajstić information content (AvgIpc) is 2.43. The quantitative estimate of drug-likeness (QED) is 0.803. The first-order chi connectivity index (χ1) is 8.85. The second kappa shape index (κ2) is 6.76. The number of nitrogens with zero attached hydrogens (tertiary/aromatic N) is 1. The van der Waals surface area contributed by atoms with E-state index < -0.39 is 0 Å². The van der Waals surface area contributed by atoms with Crippen LogP contribution in [0.15, 0.2) is 36.5 Å². The molecular formula is C15H20N2S. The van der Waals surface area contributed by atoms with Gasteiger partial charge in [0.25, 0.3) is 0 Å². The van der Waals surface area contributed by atoms with Gasteiger partial charge in [-0.05, 0) is 36.9 Å². The Morgan fingerprint density at radius 2 is 2.22 bits per heavy atom. The molecule has 0 saturated carbocycles. The zero-order valence-electron chi connectivity index (χ0n) is 11.0. The van der Waals surface area contributed by atoms with E-state index in [1.54, 1.807) is 0 Å². The van der Waals surface area contributed by atoms with Crippen LogP contribution in [0.4, 0.5) is 0 Å². The van der Waals surface area contributed by atoms with Gasteiger partial charge in [-0.25, -0.2) is 0 Å². The van der Waals surface area contributed by atoms with Crippen LogP contribution in [0.5, 0.6) is 0 Å². The lowest BCUT2D eigenvalue weighted by Gasteiger charge is -2.16. The van der Waals surface area contributed by atoms with Gasteiger partial charge in [0.1, 0.15) is 0 Å². The normalized spacial score (nSPS) is 12.8. The Labute approximate surface area is 113 Å². The molecule has 0 aliphatic rings. The first-order valence-corrected chi connectivity index (χ1v) is 7.60. The van der Waals surface area contributed by atoms with Crippen molar-refractivity contribution in [3.63, 3.8) is 0 Å². The first kappa shape index (κ1) is 13.4. The maximum Gasteiger partial charge on any atom is 0.0705 e. The van der Waals surface area contributed by atoms with E-state index in [4.69, 9.17) is 0 Å². The molecule has 0 fully saturated rings. The molecule has 0 spiro atoms. The third-order valence-electron chi connectivity index (χ3n) is 3.01. The highest BCUT2D eigenvalue weighted by Crippen LogP contribution is 2.22. The van der Waals surface area contributed by atoms with Crippen molar-refractivity contribution in [3.05, 3.63) is 42.1 Å². The van der Waals surface area contributed by atoms with E-state index in [0.717, 1.165) is 11.3 Å². The summed E-state index contributed by atoms with van der Waals surface area (Å²) in [6.45, 7) is 2.22. The number of fused-ring (bicyclic) bond motifs is 1. The van der Waals surface area contributed by atoms with Gasteiger partial charge in [0.2, 0.25) is 0 Å². The molecule has 1 atom stereocenters. The van der Waals surface area contributed by atoms with Crippen molar-refractivity contribution in [3.8, 4) is 0 Å². The predicted octanol–water partition coefficient (Wildman–Crippen LogP) is 3.64. The molecule has 18 heavy (non-hydrogen) atoms. The van der Waals surface area contributed by atoms with E-state index in [0.29, 0.717) is 6.04 Å². The molecule has 2 nitrogen and oxygen atoms in total. The minimum atomic E-state index is 0.410. The maximum absolute atomic E-state index is 4.42. The van der Waals surface area contributed by atoms with Gasteiger partial charge >= 0.3 is 0 Å². The van der Waals surface area contributed by atoms with E-state index in [-0.39, 0.29) is 0 Å². The smallest absolute Gasteiger partial charge is 0.0705 e. The molecule has 3 heteroatoms. The average molecular weight is 260 g/mol. The molecule has 0 bridgehead atoms. The van der Waals surface area contributed by atoms with E-state index in [1.165, 1.54) is 23.1 Å². The fourth-order valence-corrected chi connectivity index (χ4v) is 3.04. The van der Waals surface area contributed by atoms with Crippen molar-refractivity contribution in [2.24, 2.45) is 0 Å². The molecule has 1 heterocycles. The van der Waals surface area contributed by atoms with Crippen LogP contribution in [-0.4, -0.2) is 23.5 Å². The van der Waals surface area contributed by atoms with E-state index in [1.807, 2.05) is 31.1 Å². The van der Waals surface area contributed by atoms with Crippen LogP contribution < -0.4 is 5.32 Å². The van der Waals surface area contributed by atoms with Crippen LogP contribution in [0.1, 0.15) is 24.9 Å². The number of hydrogen-bond acceptors (Lipinski definition) is 3. The van der Waals surface area contributed by atoms with E-state index in [2.05, 4.69) is 41.5 Å². The lowest BCUT2D eigenvalue weighted by atomic mass is 10.1. The highest BCUT2D eigenvalue weighted by molar-refractivity contribution is 7.99. The fourth-order valence-electron chi connectivity index (χ4n) is 1.99. The van der Waals surface area contributed by atoms with Crippen molar-refractivity contribution in [2.45, 2.75) is 19.4 Å². The lowest BCUT2D eigenvalue weighted by molar-refractivity contribution is 0.662. The fraction of sp³-hybridized carbons (Fsp3) is 0.400.